The van der Waals surface area contributed by atoms with Gasteiger partial charge < -0.3 is 15.4 Å². The number of anilines is 4. The molecule has 0 aliphatic heterocycles. The Morgan fingerprint density at radius 1 is 1.04 bits per heavy atom. The summed E-state index contributed by atoms with van der Waals surface area (Å²) in [5, 5.41) is 6.52. The number of hydrogen-bond donors (Lipinski definition) is 2. The first-order valence-corrected chi connectivity index (χ1v) is 9.30. The van der Waals surface area contributed by atoms with Crippen molar-refractivity contribution in [3.8, 4) is 0 Å². The zero-order valence-corrected chi connectivity index (χ0v) is 16.3. The first-order valence-electron chi connectivity index (χ1n) is 9.30. The van der Waals surface area contributed by atoms with Crippen molar-refractivity contribution in [3.63, 3.8) is 0 Å². The van der Waals surface area contributed by atoms with Crippen molar-refractivity contribution in [3.05, 3.63) is 71.9 Å². The van der Waals surface area contributed by atoms with Crippen molar-refractivity contribution in [1.29, 1.82) is 0 Å². The molecule has 0 spiro atoms. The first-order chi connectivity index (χ1) is 13.6. The van der Waals surface area contributed by atoms with Crippen molar-refractivity contribution in [2.45, 2.75) is 26.7 Å². The monoisotopic (exact) mass is 376 g/mol. The predicted octanol–water partition coefficient (Wildman–Crippen LogP) is 5.26. The first kappa shape index (κ1) is 19.4. The van der Waals surface area contributed by atoms with Gasteiger partial charge in [0, 0.05) is 17.6 Å². The summed E-state index contributed by atoms with van der Waals surface area (Å²) in [5.41, 5.74) is 3.55. The number of benzene rings is 2. The fourth-order valence-electron chi connectivity index (χ4n) is 2.77. The molecule has 0 radical (unpaired) electrons. The maximum Gasteiger partial charge on any atom is 0.338 e. The number of ether oxygens (including phenoxy) is 1. The summed E-state index contributed by atoms with van der Waals surface area (Å²) in [6.07, 6.45) is 1.70. The number of rotatable bonds is 7. The zero-order chi connectivity index (χ0) is 19.9. The summed E-state index contributed by atoms with van der Waals surface area (Å²) in [7, 11) is 0. The van der Waals surface area contributed by atoms with E-state index in [0.29, 0.717) is 29.9 Å². The van der Waals surface area contributed by atoms with Crippen molar-refractivity contribution in [2.24, 2.45) is 0 Å². The Hall–Kier alpha value is -3.41. The molecule has 0 aliphatic rings. The Morgan fingerprint density at radius 3 is 2.50 bits per heavy atom. The predicted molar refractivity (Wildman–Crippen MR) is 112 cm³/mol. The maximum absolute atomic E-state index is 11.7. The van der Waals surface area contributed by atoms with E-state index in [1.807, 2.05) is 24.3 Å². The van der Waals surface area contributed by atoms with E-state index in [0.717, 1.165) is 11.4 Å². The quantitative estimate of drug-likeness (QED) is 0.548. The van der Waals surface area contributed by atoms with E-state index in [9.17, 15) is 4.79 Å². The fraction of sp³-hybridized carbons (Fsp3) is 0.227. The van der Waals surface area contributed by atoms with Crippen LogP contribution in [-0.2, 0) is 4.74 Å². The summed E-state index contributed by atoms with van der Waals surface area (Å²) in [5.74, 6) is 1.24. The van der Waals surface area contributed by atoms with Gasteiger partial charge in [-0.3, -0.25) is 0 Å². The maximum atomic E-state index is 11.7. The molecule has 0 bridgehead atoms. The van der Waals surface area contributed by atoms with Crippen LogP contribution in [0.5, 0.6) is 0 Å². The topological polar surface area (TPSA) is 76.1 Å². The Balaban J connectivity index is 1.73. The van der Waals surface area contributed by atoms with E-state index in [1.54, 1.807) is 37.4 Å². The van der Waals surface area contributed by atoms with E-state index >= 15 is 0 Å². The van der Waals surface area contributed by atoms with Crippen molar-refractivity contribution in [1.82, 2.24) is 9.97 Å². The lowest BCUT2D eigenvalue weighted by Crippen LogP contribution is -2.05. The number of aromatic nitrogens is 2. The molecule has 1 aromatic heterocycles. The highest BCUT2D eigenvalue weighted by atomic mass is 16.5. The van der Waals surface area contributed by atoms with E-state index in [4.69, 9.17) is 4.74 Å². The Kier molecular flexibility index (Phi) is 6.22. The highest BCUT2D eigenvalue weighted by Crippen LogP contribution is 2.26. The van der Waals surface area contributed by atoms with Crippen LogP contribution in [0, 0.1) is 0 Å². The van der Waals surface area contributed by atoms with Gasteiger partial charge in [0.2, 0.25) is 5.95 Å². The molecule has 6 heteroatoms. The van der Waals surface area contributed by atoms with E-state index < -0.39 is 0 Å². The van der Waals surface area contributed by atoms with Gasteiger partial charge in [-0.1, -0.05) is 32.0 Å². The lowest BCUT2D eigenvalue weighted by Gasteiger charge is -2.14. The van der Waals surface area contributed by atoms with Gasteiger partial charge in [0.05, 0.1) is 12.2 Å². The molecule has 6 nitrogen and oxygen atoms in total. The second-order valence-corrected chi connectivity index (χ2v) is 6.56. The average molecular weight is 376 g/mol. The third kappa shape index (κ3) is 4.85. The summed E-state index contributed by atoms with van der Waals surface area (Å²) in [6, 6.07) is 17.0. The molecular formula is C22H24N4O2. The van der Waals surface area contributed by atoms with Gasteiger partial charge in [-0.15, -0.1) is 0 Å². The van der Waals surface area contributed by atoms with Gasteiger partial charge in [0.25, 0.3) is 0 Å². The molecule has 0 amide bonds. The largest absolute Gasteiger partial charge is 0.462 e. The second kappa shape index (κ2) is 8.99. The van der Waals surface area contributed by atoms with E-state index in [2.05, 4.69) is 40.5 Å². The SMILES string of the molecule is CCOC(=O)c1ccc(Nc2nccc(Nc3ccccc3C(C)C)n2)cc1. The van der Waals surface area contributed by atoms with E-state index in [-0.39, 0.29) is 5.97 Å². The van der Waals surface area contributed by atoms with Gasteiger partial charge >= 0.3 is 5.97 Å². The Labute approximate surface area is 165 Å². The average Bonchev–Trinajstić information content (AvgIpc) is 2.69. The molecule has 2 N–H and O–H groups in total. The minimum atomic E-state index is -0.333. The highest BCUT2D eigenvalue weighted by molar-refractivity contribution is 5.89. The summed E-state index contributed by atoms with van der Waals surface area (Å²) in [4.78, 5) is 20.5. The van der Waals surface area contributed by atoms with Crippen LogP contribution in [-0.4, -0.2) is 22.5 Å². The smallest absolute Gasteiger partial charge is 0.338 e. The molecule has 0 aliphatic carbocycles. The van der Waals surface area contributed by atoms with Crippen LogP contribution < -0.4 is 10.6 Å². The minimum absolute atomic E-state index is 0.333. The molecule has 2 aromatic carbocycles. The van der Waals surface area contributed by atoms with Crippen LogP contribution in [0.1, 0.15) is 42.6 Å². The number of nitrogens with one attached hydrogen (secondary N) is 2. The molecule has 3 rings (SSSR count). The van der Waals surface area contributed by atoms with Gasteiger partial charge in [-0.25, -0.2) is 9.78 Å². The molecule has 28 heavy (non-hydrogen) atoms. The Morgan fingerprint density at radius 2 is 1.79 bits per heavy atom. The number of carbonyl (C=O) groups excluding carboxylic acids is 1. The van der Waals surface area contributed by atoms with Crippen molar-refractivity contribution in [2.75, 3.05) is 17.2 Å². The van der Waals surface area contributed by atoms with Gasteiger partial charge in [-0.05, 0) is 54.8 Å². The van der Waals surface area contributed by atoms with Crippen molar-refractivity contribution >= 4 is 29.1 Å². The molecule has 1 heterocycles. The van der Waals surface area contributed by atoms with Crippen LogP contribution in [0.25, 0.3) is 0 Å². The number of nitrogens with zero attached hydrogens (tertiary/aromatic N) is 2. The molecule has 144 valence electrons. The molecule has 0 atom stereocenters. The van der Waals surface area contributed by atoms with Crippen LogP contribution in [0.15, 0.2) is 60.8 Å². The molecule has 0 saturated carbocycles. The molecular weight excluding hydrogens is 352 g/mol. The molecule has 0 saturated heterocycles. The van der Waals surface area contributed by atoms with Gasteiger partial charge in [0.15, 0.2) is 0 Å². The normalized spacial score (nSPS) is 10.6. The van der Waals surface area contributed by atoms with Gasteiger partial charge in [0.1, 0.15) is 5.82 Å². The number of hydrogen-bond acceptors (Lipinski definition) is 6. The van der Waals surface area contributed by atoms with Gasteiger partial charge in [-0.2, -0.15) is 4.98 Å². The van der Waals surface area contributed by atoms with Crippen molar-refractivity contribution < 1.29 is 9.53 Å². The molecule has 3 aromatic rings. The summed E-state index contributed by atoms with van der Waals surface area (Å²) < 4.78 is 4.99. The van der Waals surface area contributed by atoms with Crippen LogP contribution in [0.3, 0.4) is 0 Å². The summed E-state index contributed by atoms with van der Waals surface area (Å²) >= 11 is 0. The van der Waals surface area contributed by atoms with Crippen LogP contribution in [0.4, 0.5) is 23.1 Å². The highest BCUT2D eigenvalue weighted by Gasteiger charge is 2.08. The van der Waals surface area contributed by atoms with Crippen LogP contribution >= 0.6 is 0 Å². The standard InChI is InChI=1S/C22H24N4O2/c1-4-28-21(27)16-9-11-17(12-10-16)24-22-23-14-13-20(26-22)25-19-8-6-5-7-18(19)15(2)3/h5-15H,4H2,1-3H3,(H2,23,24,25,26). The Bertz CT molecular complexity index is 939. The number of para-hydroxylation sites is 1. The number of carbonyl (C=O) groups is 1. The molecule has 0 unspecified atom stereocenters. The lowest BCUT2D eigenvalue weighted by molar-refractivity contribution is 0.0526. The zero-order valence-electron chi connectivity index (χ0n) is 16.3. The molecule has 0 fully saturated rings. The lowest BCUT2D eigenvalue weighted by atomic mass is 10.0. The fourth-order valence-corrected chi connectivity index (χ4v) is 2.77. The minimum Gasteiger partial charge on any atom is -0.462 e. The van der Waals surface area contributed by atoms with Crippen LogP contribution in [0.2, 0.25) is 0 Å². The number of esters is 1. The van der Waals surface area contributed by atoms with E-state index in [1.165, 1.54) is 5.56 Å². The second-order valence-electron chi connectivity index (χ2n) is 6.56. The summed E-state index contributed by atoms with van der Waals surface area (Å²) in [6.45, 7) is 6.46. The third-order valence-corrected chi connectivity index (χ3v) is 4.15. The third-order valence-electron chi connectivity index (χ3n) is 4.15.